The number of ketones is 1. The normalized spacial score (nSPS) is 10.2. The molecular formula is C24H21NO5. The number of carbonyl (C=O) groups is 3. The molecule has 6 nitrogen and oxygen atoms in total. The van der Waals surface area contributed by atoms with Crippen LogP contribution in [-0.2, 0) is 9.53 Å². The molecule has 0 saturated carbocycles. The van der Waals surface area contributed by atoms with E-state index in [-0.39, 0.29) is 12.3 Å². The molecule has 3 aromatic carbocycles. The molecular weight excluding hydrogens is 382 g/mol. The number of Topliss-reactive ketones (excluding diaryl/α,β-unsaturated/α-hetero) is 1. The van der Waals surface area contributed by atoms with E-state index in [1.165, 1.54) is 7.11 Å². The van der Waals surface area contributed by atoms with E-state index in [1.807, 2.05) is 42.5 Å². The summed E-state index contributed by atoms with van der Waals surface area (Å²) in [5.41, 5.74) is 2.85. The minimum absolute atomic E-state index is 0.318. The van der Waals surface area contributed by atoms with E-state index in [9.17, 15) is 14.4 Å². The van der Waals surface area contributed by atoms with E-state index >= 15 is 0 Å². The predicted molar refractivity (Wildman–Crippen MR) is 112 cm³/mol. The zero-order valence-corrected chi connectivity index (χ0v) is 16.5. The van der Waals surface area contributed by atoms with E-state index in [1.54, 1.807) is 36.4 Å². The topological polar surface area (TPSA) is 81.7 Å². The van der Waals surface area contributed by atoms with Crippen LogP contribution in [0.5, 0.6) is 5.75 Å². The van der Waals surface area contributed by atoms with Gasteiger partial charge < -0.3 is 14.8 Å². The Bertz CT molecular complexity index is 1030. The Kier molecular flexibility index (Phi) is 6.95. The zero-order valence-electron chi connectivity index (χ0n) is 16.5. The Labute approximate surface area is 174 Å². The molecule has 0 aromatic heterocycles. The van der Waals surface area contributed by atoms with Crippen molar-refractivity contribution in [3.8, 4) is 16.9 Å². The Morgan fingerprint density at radius 1 is 0.800 bits per heavy atom. The lowest BCUT2D eigenvalue weighted by Crippen LogP contribution is -2.31. The summed E-state index contributed by atoms with van der Waals surface area (Å²) in [6.07, 6.45) is 0. The standard InChI is InChI=1S/C24H21NO5/c1-29-21-9-5-8-20(14-21)24(28)25-15-23(27)30-16-22(26)19-12-10-18(11-13-19)17-6-3-2-4-7-17/h2-14H,15-16H2,1H3,(H,25,28). The Morgan fingerprint density at radius 3 is 2.20 bits per heavy atom. The SMILES string of the molecule is COc1cccc(C(=O)NCC(=O)OCC(=O)c2ccc(-c3ccccc3)cc2)c1. The third-order valence-corrected chi connectivity index (χ3v) is 4.40. The smallest absolute Gasteiger partial charge is 0.325 e. The highest BCUT2D eigenvalue weighted by molar-refractivity contribution is 5.99. The molecule has 30 heavy (non-hydrogen) atoms. The molecule has 1 N–H and O–H groups in total. The highest BCUT2D eigenvalue weighted by atomic mass is 16.5. The number of benzene rings is 3. The van der Waals surface area contributed by atoms with Crippen molar-refractivity contribution in [2.24, 2.45) is 0 Å². The molecule has 0 aliphatic carbocycles. The van der Waals surface area contributed by atoms with Crippen LogP contribution in [0.15, 0.2) is 78.9 Å². The Morgan fingerprint density at radius 2 is 1.50 bits per heavy atom. The van der Waals surface area contributed by atoms with Gasteiger partial charge in [-0.15, -0.1) is 0 Å². The molecule has 0 atom stereocenters. The van der Waals surface area contributed by atoms with Crippen molar-refractivity contribution in [1.29, 1.82) is 0 Å². The van der Waals surface area contributed by atoms with Gasteiger partial charge in [-0.1, -0.05) is 60.7 Å². The molecule has 0 heterocycles. The minimum Gasteiger partial charge on any atom is -0.497 e. The first-order chi connectivity index (χ1) is 14.6. The molecule has 0 aliphatic rings. The molecule has 0 aliphatic heterocycles. The highest BCUT2D eigenvalue weighted by Crippen LogP contribution is 2.19. The van der Waals surface area contributed by atoms with Crippen LogP contribution in [-0.4, -0.2) is 37.9 Å². The van der Waals surface area contributed by atoms with Gasteiger partial charge in [-0.05, 0) is 29.3 Å². The van der Waals surface area contributed by atoms with Crippen LogP contribution in [0.25, 0.3) is 11.1 Å². The molecule has 3 rings (SSSR count). The summed E-state index contributed by atoms with van der Waals surface area (Å²) in [5, 5.41) is 2.46. The molecule has 0 unspecified atom stereocenters. The van der Waals surface area contributed by atoms with Gasteiger partial charge >= 0.3 is 5.97 Å². The minimum atomic E-state index is -0.694. The van der Waals surface area contributed by atoms with E-state index in [4.69, 9.17) is 9.47 Å². The number of carbonyl (C=O) groups excluding carboxylic acids is 3. The molecule has 6 heteroatoms. The molecule has 1 amide bonds. The van der Waals surface area contributed by atoms with Gasteiger partial charge in [0.25, 0.3) is 5.91 Å². The molecule has 0 saturated heterocycles. The van der Waals surface area contributed by atoms with Gasteiger partial charge in [-0.3, -0.25) is 14.4 Å². The van der Waals surface area contributed by atoms with Crippen LogP contribution in [0.2, 0.25) is 0 Å². The monoisotopic (exact) mass is 403 g/mol. The average molecular weight is 403 g/mol. The van der Waals surface area contributed by atoms with Crippen LogP contribution in [0, 0.1) is 0 Å². The molecule has 0 spiro atoms. The van der Waals surface area contributed by atoms with Crippen LogP contribution in [0.1, 0.15) is 20.7 Å². The van der Waals surface area contributed by atoms with Gasteiger partial charge in [0, 0.05) is 11.1 Å². The van der Waals surface area contributed by atoms with Crippen molar-refractivity contribution < 1.29 is 23.9 Å². The fourth-order valence-electron chi connectivity index (χ4n) is 2.78. The van der Waals surface area contributed by atoms with Crippen LogP contribution in [0.4, 0.5) is 0 Å². The van der Waals surface area contributed by atoms with E-state index in [0.29, 0.717) is 16.9 Å². The summed E-state index contributed by atoms with van der Waals surface area (Å²) >= 11 is 0. The number of amides is 1. The number of rotatable bonds is 8. The Hall–Kier alpha value is -3.93. The maximum atomic E-state index is 12.2. The summed E-state index contributed by atoms with van der Waals surface area (Å²) in [6.45, 7) is -0.727. The number of ether oxygens (including phenoxy) is 2. The lowest BCUT2D eigenvalue weighted by atomic mass is 10.0. The van der Waals surface area contributed by atoms with Gasteiger partial charge in [-0.2, -0.15) is 0 Å². The fourth-order valence-corrected chi connectivity index (χ4v) is 2.78. The molecule has 0 bridgehead atoms. The quantitative estimate of drug-likeness (QED) is 0.460. The number of hydrogen-bond donors (Lipinski definition) is 1. The van der Waals surface area contributed by atoms with Crippen LogP contribution in [0.3, 0.4) is 0 Å². The Balaban J connectivity index is 1.47. The van der Waals surface area contributed by atoms with Gasteiger partial charge in [0.1, 0.15) is 12.3 Å². The second-order valence-electron chi connectivity index (χ2n) is 6.44. The maximum absolute atomic E-state index is 12.2. The number of nitrogens with one attached hydrogen (secondary N) is 1. The summed E-state index contributed by atoms with van der Waals surface area (Å²) in [7, 11) is 1.50. The highest BCUT2D eigenvalue weighted by Gasteiger charge is 2.13. The molecule has 0 fully saturated rings. The third kappa shape index (κ3) is 5.54. The number of methoxy groups -OCH3 is 1. The van der Waals surface area contributed by atoms with Gasteiger partial charge in [0.2, 0.25) is 0 Å². The lowest BCUT2D eigenvalue weighted by Gasteiger charge is -2.08. The van der Waals surface area contributed by atoms with Crippen LogP contribution >= 0.6 is 0 Å². The van der Waals surface area contributed by atoms with Gasteiger partial charge in [0.15, 0.2) is 12.4 Å². The molecule has 152 valence electrons. The van der Waals surface area contributed by atoms with E-state index in [2.05, 4.69) is 5.32 Å². The lowest BCUT2D eigenvalue weighted by molar-refractivity contribution is -0.141. The maximum Gasteiger partial charge on any atom is 0.325 e. The number of esters is 1. The number of hydrogen-bond acceptors (Lipinski definition) is 5. The summed E-state index contributed by atoms with van der Waals surface area (Å²) in [4.78, 5) is 36.2. The van der Waals surface area contributed by atoms with Crippen LogP contribution < -0.4 is 10.1 Å². The second kappa shape index (κ2) is 10.0. The molecule has 3 aromatic rings. The first-order valence-corrected chi connectivity index (χ1v) is 9.33. The van der Waals surface area contributed by atoms with Gasteiger partial charge in [0.05, 0.1) is 7.11 Å². The third-order valence-electron chi connectivity index (χ3n) is 4.40. The predicted octanol–water partition coefficient (Wildman–Crippen LogP) is 3.52. The fraction of sp³-hybridized carbons (Fsp3) is 0.125. The average Bonchev–Trinajstić information content (AvgIpc) is 2.81. The second-order valence-corrected chi connectivity index (χ2v) is 6.44. The summed E-state index contributed by atoms with van der Waals surface area (Å²) < 4.78 is 10.0. The summed E-state index contributed by atoms with van der Waals surface area (Å²) in [6, 6.07) is 23.4. The van der Waals surface area contributed by atoms with Gasteiger partial charge in [-0.25, -0.2) is 0 Å². The van der Waals surface area contributed by atoms with Crippen molar-refractivity contribution in [3.05, 3.63) is 90.0 Å². The van der Waals surface area contributed by atoms with Crippen molar-refractivity contribution >= 4 is 17.7 Å². The van der Waals surface area contributed by atoms with E-state index < -0.39 is 18.5 Å². The van der Waals surface area contributed by atoms with Crippen molar-refractivity contribution in [2.45, 2.75) is 0 Å². The first-order valence-electron chi connectivity index (χ1n) is 9.33. The summed E-state index contributed by atoms with van der Waals surface area (Å²) in [5.74, 6) is -0.912. The first kappa shape index (κ1) is 20.8. The van der Waals surface area contributed by atoms with Crippen molar-refractivity contribution in [1.82, 2.24) is 5.32 Å². The zero-order chi connectivity index (χ0) is 21.3. The largest absolute Gasteiger partial charge is 0.497 e. The van der Waals surface area contributed by atoms with Crippen molar-refractivity contribution in [2.75, 3.05) is 20.3 Å². The van der Waals surface area contributed by atoms with Crippen molar-refractivity contribution in [3.63, 3.8) is 0 Å². The molecule has 0 radical (unpaired) electrons. The van der Waals surface area contributed by atoms with E-state index in [0.717, 1.165) is 11.1 Å².